The molecular weight excluding hydrogens is 442 g/mol. The van der Waals surface area contributed by atoms with Gasteiger partial charge in [-0.25, -0.2) is 13.1 Å². The molecular formula is C24H39N3O5S. The minimum atomic E-state index is -3.61. The van der Waals surface area contributed by atoms with Crippen molar-refractivity contribution in [1.29, 1.82) is 0 Å². The zero-order valence-corrected chi connectivity index (χ0v) is 21.0. The molecule has 0 aliphatic carbocycles. The minimum absolute atomic E-state index is 0.0452. The number of carbonyl (C=O) groups is 1. The number of fused-ring (bicyclic) bond motifs is 1. The number of unbranched alkanes of at least 4 members (excludes halogenated alkanes) is 2. The molecule has 2 aliphatic rings. The van der Waals surface area contributed by atoms with Crippen molar-refractivity contribution < 1.29 is 22.7 Å². The van der Waals surface area contributed by atoms with Crippen LogP contribution in [0.15, 0.2) is 23.1 Å². The number of rotatable bonds is 11. The summed E-state index contributed by atoms with van der Waals surface area (Å²) in [5.74, 6) is 1.78. The van der Waals surface area contributed by atoms with E-state index in [1.807, 2.05) is 0 Å². The molecule has 186 valence electrons. The van der Waals surface area contributed by atoms with Crippen LogP contribution >= 0.6 is 0 Å². The van der Waals surface area contributed by atoms with Crippen LogP contribution < -0.4 is 19.5 Å². The first kappa shape index (κ1) is 25.8. The number of amides is 1. The van der Waals surface area contributed by atoms with Gasteiger partial charge in [0, 0.05) is 37.7 Å². The van der Waals surface area contributed by atoms with E-state index < -0.39 is 10.0 Å². The first-order valence-corrected chi connectivity index (χ1v) is 13.6. The highest BCUT2D eigenvalue weighted by Crippen LogP contribution is 2.32. The number of ether oxygens (including phenoxy) is 2. The molecule has 0 bridgehead atoms. The van der Waals surface area contributed by atoms with E-state index >= 15 is 0 Å². The Bertz CT molecular complexity index is 903. The summed E-state index contributed by atoms with van der Waals surface area (Å²) in [6.45, 7) is 10.7. The summed E-state index contributed by atoms with van der Waals surface area (Å²) < 4.78 is 38.5. The van der Waals surface area contributed by atoms with Gasteiger partial charge in [0.15, 0.2) is 11.5 Å². The maximum atomic E-state index is 12.5. The molecule has 3 rings (SSSR count). The van der Waals surface area contributed by atoms with E-state index in [-0.39, 0.29) is 16.3 Å². The number of hydrogen-bond acceptors (Lipinski definition) is 6. The van der Waals surface area contributed by atoms with Gasteiger partial charge in [0.1, 0.15) is 13.2 Å². The molecule has 1 atom stereocenters. The molecule has 1 saturated heterocycles. The smallest absolute Gasteiger partial charge is 0.240 e. The van der Waals surface area contributed by atoms with Crippen LogP contribution in [0.25, 0.3) is 0 Å². The number of nitrogens with zero attached hydrogens (tertiary/aromatic N) is 1. The first-order valence-electron chi connectivity index (χ1n) is 12.1. The zero-order valence-electron chi connectivity index (χ0n) is 20.2. The molecule has 1 fully saturated rings. The van der Waals surface area contributed by atoms with E-state index in [2.05, 4.69) is 35.7 Å². The van der Waals surface area contributed by atoms with Crippen LogP contribution in [0.1, 0.15) is 59.3 Å². The van der Waals surface area contributed by atoms with E-state index in [4.69, 9.17) is 9.47 Å². The number of sulfonamides is 1. The monoisotopic (exact) mass is 481 g/mol. The second-order valence-corrected chi connectivity index (χ2v) is 11.6. The third-order valence-corrected chi connectivity index (χ3v) is 7.89. The molecule has 1 aromatic carbocycles. The van der Waals surface area contributed by atoms with Gasteiger partial charge in [-0.1, -0.05) is 13.3 Å². The number of nitrogens with one attached hydrogen (secondary N) is 2. The van der Waals surface area contributed by atoms with Crippen molar-refractivity contribution in [3.05, 3.63) is 18.2 Å². The second kappa shape index (κ2) is 11.5. The summed E-state index contributed by atoms with van der Waals surface area (Å²) in [4.78, 5) is 14.9. The van der Waals surface area contributed by atoms with Crippen molar-refractivity contribution in [2.24, 2.45) is 5.92 Å². The molecule has 0 spiro atoms. The van der Waals surface area contributed by atoms with E-state index in [0.29, 0.717) is 56.6 Å². The van der Waals surface area contributed by atoms with Crippen LogP contribution in [-0.4, -0.2) is 64.2 Å². The summed E-state index contributed by atoms with van der Waals surface area (Å²) in [7, 11) is -3.61. The topological polar surface area (TPSA) is 97.0 Å². The Hall–Kier alpha value is -1.84. The molecule has 0 saturated carbocycles. The lowest BCUT2D eigenvalue weighted by molar-refractivity contribution is -0.121. The number of benzene rings is 1. The van der Waals surface area contributed by atoms with Crippen LogP contribution in [0.2, 0.25) is 0 Å². The van der Waals surface area contributed by atoms with Gasteiger partial charge >= 0.3 is 0 Å². The van der Waals surface area contributed by atoms with Gasteiger partial charge in [-0.05, 0) is 64.1 Å². The molecule has 33 heavy (non-hydrogen) atoms. The Kier molecular flexibility index (Phi) is 9.01. The first-order chi connectivity index (χ1) is 15.7. The average Bonchev–Trinajstić information content (AvgIpc) is 2.79. The third-order valence-electron chi connectivity index (χ3n) is 6.43. The molecule has 2 aliphatic heterocycles. The predicted molar refractivity (Wildman–Crippen MR) is 128 cm³/mol. The number of piperidine rings is 1. The van der Waals surface area contributed by atoms with Gasteiger partial charge in [-0.15, -0.1) is 0 Å². The summed E-state index contributed by atoms with van der Waals surface area (Å²) in [5, 5.41) is 3.08. The lowest BCUT2D eigenvalue weighted by atomic mass is 9.93. The second-order valence-electron chi connectivity index (χ2n) is 9.80. The highest BCUT2D eigenvalue weighted by Gasteiger charge is 2.30. The van der Waals surface area contributed by atoms with Gasteiger partial charge in [0.05, 0.1) is 4.90 Å². The third kappa shape index (κ3) is 7.58. The fourth-order valence-electron chi connectivity index (χ4n) is 4.32. The molecule has 2 N–H and O–H groups in total. The number of hydrogen-bond donors (Lipinski definition) is 2. The van der Waals surface area contributed by atoms with Crippen LogP contribution in [0, 0.1) is 5.92 Å². The Morgan fingerprint density at radius 2 is 1.91 bits per heavy atom. The van der Waals surface area contributed by atoms with Crippen molar-refractivity contribution >= 4 is 15.9 Å². The highest BCUT2D eigenvalue weighted by molar-refractivity contribution is 7.89. The predicted octanol–water partition coefficient (Wildman–Crippen LogP) is 2.92. The van der Waals surface area contributed by atoms with Crippen LogP contribution in [0.3, 0.4) is 0 Å². The molecule has 8 nitrogen and oxygen atoms in total. The van der Waals surface area contributed by atoms with Crippen LogP contribution in [0.5, 0.6) is 11.5 Å². The lowest BCUT2D eigenvalue weighted by Crippen LogP contribution is -2.54. The molecule has 2 heterocycles. The fraction of sp³-hybridized carbons (Fsp3) is 0.708. The molecule has 1 aromatic rings. The van der Waals surface area contributed by atoms with Gasteiger partial charge in [0.25, 0.3) is 0 Å². The summed E-state index contributed by atoms with van der Waals surface area (Å²) in [5.41, 5.74) is -0.0452. The van der Waals surface area contributed by atoms with Crippen molar-refractivity contribution in [3.8, 4) is 11.5 Å². The normalized spacial score (nSPS) is 19.3. The van der Waals surface area contributed by atoms with Crippen molar-refractivity contribution in [1.82, 2.24) is 14.9 Å². The van der Waals surface area contributed by atoms with Crippen molar-refractivity contribution in [3.63, 3.8) is 0 Å². The van der Waals surface area contributed by atoms with E-state index in [0.717, 1.165) is 25.9 Å². The maximum Gasteiger partial charge on any atom is 0.240 e. The Morgan fingerprint density at radius 1 is 1.15 bits per heavy atom. The average molecular weight is 482 g/mol. The zero-order chi connectivity index (χ0) is 23.9. The Balaban J connectivity index is 1.31. The Morgan fingerprint density at radius 3 is 2.67 bits per heavy atom. The molecule has 0 radical (unpaired) electrons. The summed E-state index contributed by atoms with van der Waals surface area (Å²) >= 11 is 0. The molecule has 9 heteroatoms. The van der Waals surface area contributed by atoms with Gasteiger partial charge in [0.2, 0.25) is 15.9 Å². The fourth-order valence-corrected chi connectivity index (χ4v) is 5.41. The van der Waals surface area contributed by atoms with Crippen molar-refractivity contribution in [2.45, 2.75) is 69.7 Å². The summed E-state index contributed by atoms with van der Waals surface area (Å²) in [6, 6.07) is 4.63. The standard InChI is InChI=1S/C24H39N3O5S/c1-19-8-7-13-27(17-19)24(2,3)18-25-23(28)9-5-4-6-12-26-33(29,30)20-10-11-21-22(16-20)32-15-14-31-21/h10-11,16,19,26H,4-9,12-15,17-18H2,1-3H3,(H,25,28). The van der Waals surface area contributed by atoms with Crippen LogP contribution in [-0.2, 0) is 14.8 Å². The van der Waals surface area contributed by atoms with Gasteiger partial charge in [-0.2, -0.15) is 0 Å². The highest BCUT2D eigenvalue weighted by atomic mass is 32.2. The minimum Gasteiger partial charge on any atom is -0.486 e. The Labute approximate surface area is 198 Å². The van der Waals surface area contributed by atoms with Crippen LogP contribution in [0.4, 0.5) is 0 Å². The lowest BCUT2D eigenvalue weighted by Gasteiger charge is -2.43. The molecule has 0 aromatic heterocycles. The van der Waals surface area contributed by atoms with E-state index in [1.165, 1.54) is 25.0 Å². The van der Waals surface area contributed by atoms with Crippen molar-refractivity contribution in [2.75, 3.05) is 39.4 Å². The molecule has 1 unspecified atom stereocenters. The molecule has 1 amide bonds. The summed E-state index contributed by atoms with van der Waals surface area (Å²) in [6.07, 6.45) is 5.15. The quantitative estimate of drug-likeness (QED) is 0.472. The van der Waals surface area contributed by atoms with Gasteiger partial charge in [-0.3, -0.25) is 9.69 Å². The van der Waals surface area contributed by atoms with E-state index in [9.17, 15) is 13.2 Å². The largest absolute Gasteiger partial charge is 0.486 e. The van der Waals surface area contributed by atoms with E-state index in [1.54, 1.807) is 6.07 Å². The SMILES string of the molecule is CC1CCCN(C(C)(C)CNC(=O)CCCCCNS(=O)(=O)c2ccc3c(c2)OCCO3)C1. The number of likely N-dealkylation sites (tertiary alicyclic amines) is 1. The maximum absolute atomic E-state index is 12.5. The number of carbonyl (C=O) groups excluding carboxylic acids is 1. The van der Waals surface area contributed by atoms with Gasteiger partial charge < -0.3 is 14.8 Å².